The molecule has 0 unspecified atom stereocenters. The maximum Gasteiger partial charge on any atom is 0.179 e. The van der Waals surface area contributed by atoms with Gasteiger partial charge in [0.15, 0.2) is 16.1 Å². The molecule has 0 nitrogen and oxygen atoms in total. The highest BCUT2D eigenvalue weighted by molar-refractivity contribution is 7.20. The van der Waals surface area contributed by atoms with Crippen molar-refractivity contribution in [1.29, 1.82) is 0 Å². The molecule has 0 amide bonds. The zero-order valence-corrected chi connectivity index (χ0v) is 34.5. The summed E-state index contributed by atoms with van der Waals surface area (Å²) in [6.07, 6.45) is 3.62. The second kappa shape index (κ2) is 15.4. The minimum Gasteiger partial charge on any atom is -0.0759 e. The molecule has 9 aromatic carbocycles. The Labute approximate surface area is 344 Å². The highest BCUT2D eigenvalue weighted by atomic mass is 28.3. The van der Waals surface area contributed by atoms with Crippen molar-refractivity contribution in [2.75, 3.05) is 0 Å². The van der Waals surface area contributed by atoms with E-state index in [1.54, 1.807) is 0 Å². The van der Waals surface area contributed by atoms with E-state index < -0.39 is 16.1 Å². The third-order valence-electron chi connectivity index (χ3n) is 12.5. The predicted octanol–water partition coefficient (Wildman–Crippen LogP) is 8.54. The van der Waals surface area contributed by atoms with Crippen LogP contribution in [0.25, 0.3) is 10.8 Å². The second-order valence-electron chi connectivity index (χ2n) is 15.5. The zero-order valence-electron chi connectivity index (χ0n) is 32.5. The summed E-state index contributed by atoms with van der Waals surface area (Å²) in [5, 5.41) is 13.9. The molecule has 0 N–H and O–H groups in total. The van der Waals surface area contributed by atoms with Crippen molar-refractivity contribution in [3.8, 4) is 0 Å². The van der Waals surface area contributed by atoms with E-state index in [-0.39, 0.29) is 5.92 Å². The fourth-order valence-corrected chi connectivity index (χ4v) is 20.0. The quantitative estimate of drug-likeness (QED) is 0.102. The fraction of sp³-hybridized carbons (Fsp3) is 0.0357. The molecule has 0 fully saturated rings. The van der Waals surface area contributed by atoms with Gasteiger partial charge in [0, 0.05) is 5.92 Å². The largest absolute Gasteiger partial charge is 0.179 e. The van der Waals surface area contributed by atoms with E-state index in [1.807, 2.05) is 0 Å². The number of benzene rings is 9. The highest BCUT2D eigenvalue weighted by Crippen LogP contribution is 2.40. The van der Waals surface area contributed by atoms with Gasteiger partial charge in [-0.2, -0.15) is 0 Å². The van der Waals surface area contributed by atoms with Crippen LogP contribution in [0.2, 0.25) is 0 Å². The molecular weight excluding hydrogens is 729 g/mol. The first kappa shape index (κ1) is 35.8. The third kappa shape index (κ3) is 5.96. The molecule has 0 bridgehead atoms. The van der Waals surface area contributed by atoms with Crippen molar-refractivity contribution in [2.45, 2.75) is 12.3 Å². The molecule has 276 valence electrons. The molecule has 58 heavy (non-hydrogen) atoms. The highest BCUT2D eigenvalue weighted by Gasteiger charge is 2.46. The molecule has 2 heteroatoms. The van der Waals surface area contributed by atoms with Crippen LogP contribution in [0.3, 0.4) is 0 Å². The van der Waals surface area contributed by atoms with Crippen LogP contribution >= 0.6 is 0 Å². The Kier molecular flexibility index (Phi) is 9.50. The van der Waals surface area contributed by atoms with Crippen LogP contribution in [0, 0.1) is 0 Å². The lowest BCUT2D eigenvalue weighted by Gasteiger charge is -2.40. The van der Waals surface area contributed by atoms with E-state index >= 15 is 0 Å². The number of rotatable bonds is 9. The molecule has 9 aromatic rings. The minimum atomic E-state index is -2.83. The van der Waals surface area contributed by atoms with Crippen LogP contribution in [0.15, 0.2) is 254 Å². The van der Waals surface area contributed by atoms with Gasteiger partial charge in [-0.3, -0.25) is 0 Å². The second-order valence-corrected chi connectivity index (χ2v) is 23.2. The maximum atomic E-state index is 2.71. The summed E-state index contributed by atoms with van der Waals surface area (Å²) >= 11 is 0. The average molecular weight is 773 g/mol. The van der Waals surface area contributed by atoms with Gasteiger partial charge >= 0.3 is 0 Å². The Bertz CT molecular complexity index is 2640. The van der Waals surface area contributed by atoms with E-state index in [9.17, 15) is 0 Å². The lowest BCUT2D eigenvalue weighted by Crippen LogP contribution is -2.74. The van der Waals surface area contributed by atoms with Crippen LogP contribution in [0.1, 0.15) is 22.6 Å². The summed E-state index contributed by atoms with van der Waals surface area (Å²) in [7, 11) is -5.60. The molecule has 0 aromatic heterocycles. The standard InChI is InChI=1S/C56H44Si2/c1-7-25-45(26-8-1)57(46-27-9-2-10-28-46,47-29-11-3-12-30-47)51-39-43-23-19-21-37-53(43)55(41-51)56-42-52(40-44-24-20-22-38-54(44)56)58(48-31-13-4-14-32-48,49-33-15-5-16-34-49)50-35-17-6-18-36-50/h1-39,41-42,56H,40H2/t56-/m0/s1. The molecular formula is C56H44Si2. The number of hydrogen-bond donors (Lipinski definition) is 0. The van der Waals surface area contributed by atoms with Gasteiger partial charge in [-0.25, -0.2) is 0 Å². The van der Waals surface area contributed by atoms with Gasteiger partial charge in [-0.05, 0) is 70.2 Å². The van der Waals surface area contributed by atoms with Gasteiger partial charge in [-0.1, -0.05) is 254 Å². The maximum absolute atomic E-state index is 2.83. The summed E-state index contributed by atoms with van der Waals surface area (Å²) in [5.41, 5.74) is 4.18. The van der Waals surface area contributed by atoms with E-state index in [0.717, 1.165) is 6.42 Å². The van der Waals surface area contributed by atoms with E-state index in [4.69, 9.17) is 0 Å². The van der Waals surface area contributed by atoms with Crippen LogP contribution in [0.5, 0.6) is 0 Å². The molecule has 0 spiro atoms. The number of fused-ring (bicyclic) bond motifs is 2. The summed E-state index contributed by atoms with van der Waals surface area (Å²) in [5.74, 6) is 0.0434. The smallest absolute Gasteiger partial charge is 0.0759 e. The van der Waals surface area contributed by atoms with E-state index in [1.165, 1.54) is 69.0 Å². The first-order chi connectivity index (χ1) is 28.8. The van der Waals surface area contributed by atoms with Crippen molar-refractivity contribution in [2.24, 2.45) is 0 Å². The molecule has 0 saturated heterocycles. The SMILES string of the molecule is C1=C([Si](c2ccccc2)(c2ccccc2)c2ccccc2)Cc2ccccc2[C@H]1c1cc([Si](c2ccccc2)(c2ccccc2)c2ccccc2)cc2ccccc12. The third-order valence-corrected chi connectivity index (χ3v) is 22.2. The monoisotopic (exact) mass is 772 g/mol. The topological polar surface area (TPSA) is 0 Å². The summed E-state index contributed by atoms with van der Waals surface area (Å²) in [6, 6.07) is 91.7. The van der Waals surface area contributed by atoms with Crippen LogP contribution in [-0.2, 0) is 6.42 Å². The van der Waals surface area contributed by atoms with Crippen molar-refractivity contribution >= 4 is 63.2 Å². The fourth-order valence-electron chi connectivity index (χ4n) is 10.1. The Morgan fingerprint density at radius 2 is 0.690 bits per heavy atom. The molecule has 0 radical (unpaired) electrons. The summed E-state index contributed by atoms with van der Waals surface area (Å²) in [6.45, 7) is 0. The van der Waals surface area contributed by atoms with Crippen molar-refractivity contribution < 1.29 is 0 Å². The lowest BCUT2D eigenvalue weighted by atomic mass is 9.81. The van der Waals surface area contributed by atoms with Crippen molar-refractivity contribution in [3.63, 3.8) is 0 Å². The Morgan fingerprint density at radius 1 is 0.310 bits per heavy atom. The van der Waals surface area contributed by atoms with Gasteiger partial charge in [-0.15, -0.1) is 0 Å². The Balaban J connectivity index is 1.31. The van der Waals surface area contributed by atoms with E-state index in [0.29, 0.717) is 0 Å². The number of hydrogen-bond acceptors (Lipinski definition) is 0. The number of allylic oxidation sites excluding steroid dienone is 2. The van der Waals surface area contributed by atoms with Gasteiger partial charge in [0.25, 0.3) is 0 Å². The molecule has 0 saturated carbocycles. The van der Waals surface area contributed by atoms with Crippen molar-refractivity contribution in [1.82, 2.24) is 0 Å². The van der Waals surface area contributed by atoms with Crippen LogP contribution in [0.4, 0.5) is 0 Å². The first-order valence-corrected chi connectivity index (χ1v) is 24.4. The predicted molar refractivity (Wildman–Crippen MR) is 252 cm³/mol. The molecule has 10 rings (SSSR count). The zero-order chi connectivity index (χ0) is 38.8. The molecule has 0 aliphatic heterocycles. The average Bonchev–Trinajstić information content (AvgIpc) is 3.31. The van der Waals surface area contributed by atoms with Crippen LogP contribution in [-0.4, -0.2) is 16.1 Å². The Hall–Kier alpha value is -6.59. The molecule has 1 atom stereocenters. The van der Waals surface area contributed by atoms with Gasteiger partial charge in [0.05, 0.1) is 0 Å². The normalized spacial score (nSPS) is 14.1. The lowest BCUT2D eigenvalue weighted by molar-refractivity contribution is 0.949. The summed E-state index contributed by atoms with van der Waals surface area (Å²) < 4.78 is 0. The van der Waals surface area contributed by atoms with Gasteiger partial charge < -0.3 is 0 Å². The molecule has 1 aliphatic rings. The minimum absolute atomic E-state index is 0.0434. The van der Waals surface area contributed by atoms with Crippen LogP contribution < -0.4 is 36.3 Å². The van der Waals surface area contributed by atoms with E-state index in [2.05, 4.69) is 249 Å². The Morgan fingerprint density at radius 3 is 1.16 bits per heavy atom. The first-order valence-electron chi connectivity index (χ1n) is 20.4. The van der Waals surface area contributed by atoms with Gasteiger partial charge in [0.1, 0.15) is 0 Å². The summed E-state index contributed by atoms with van der Waals surface area (Å²) in [4.78, 5) is 0. The van der Waals surface area contributed by atoms with Gasteiger partial charge in [0.2, 0.25) is 0 Å². The van der Waals surface area contributed by atoms with Crippen molar-refractivity contribution in [3.05, 3.63) is 271 Å². The molecule has 0 heterocycles. The molecule has 1 aliphatic carbocycles.